The van der Waals surface area contributed by atoms with E-state index in [2.05, 4.69) is 85.6 Å². The van der Waals surface area contributed by atoms with Crippen LogP contribution in [0.5, 0.6) is 0 Å². The molecule has 3 aromatic heterocycles. The van der Waals surface area contributed by atoms with Crippen LogP contribution < -0.4 is 0 Å². The molecule has 0 saturated carbocycles. The summed E-state index contributed by atoms with van der Waals surface area (Å²) in [5.41, 5.74) is 6.38. The van der Waals surface area contributed by atoms with E-state index < -0.39 is 0 Å². The molecular weight excluding hydrogens is 376 g/mol. The summed E-state index contributed by atoms with van der Waals surface area (Å²) in [6, 6.07) is 18.7. The summed E-state index contributed by atoms with van der Waals surface area (Å²) in [7, 11) is 0. The van der Waals surface area contributed by atoms with Gasteiger partial charge in [0.2, 0.25) is 5.82 Å². The summed E-state index contributed by atoms with van der Waals surface area (Å²) in [5, 5.41) is 19.1. The second kappa shape index (κ2) is 7.55. The average Bonchev–Trinajstić information content (AvgIpc) is 3.48. The Balaban J connectivity index is 1.45. The Kier molecular flexibility index (Phi) is 4.59. The van der Waals surface area contributed by atoms with E-state index in [1.54, 1.807) is 0 Å². The van der Waals surface area contributed by atoms with Crippen molar-refractivity contribution < 1.29 is 0 Å². The van der Waals surface area contributed by atoms with Crippen molar-refractivity contribution in [2.24, 2.45) is 0 Å². The van der Waals surface area contributed by atoms with Crippen LogP contribution in [-0.2, 0) is 13.0 Å². The molecule has 5 aromatic rings. The molecule has 150 valence electrons. The van der Waals surface area contributed by atoms with Crippen LogP contribution in [0.15, 0.2) is 54.6 Å². The number of nitrogens with zero attached hydrogens (tertiary/aromatic N) is 7. The largest absolute Gasteiger partial charge is 0.263 e. The molecule has 0 saturated heterocycles. The topological polar surface area (TPSA) is 89.6 Å². The third-order valence-corrected chi connectivity index (χ3v) is 5.22. The minimum absolute atomic E-state index is 0.592. The molecule has 30 heavy (non-hydrogen) atoms. The molecule has 0 radical (unpaired) electrons. The average molecular weight is 398 g/mol. The summed E-state index contributed by atoms with van der Waals surface area (Å²) < 4.78 is 4.07. The number of nitrogens with one attached hydrogen (secondary N) is 1. The van der Waals surface area contributed by atoms with Gasteiger partial charge in [-0.25, -0.2) is 4.98 Å². The quantitative estimate of drug-likeness (QED) is 0.471. The molecule has 8 heteroatoms. The standard InChI is InChI=1S/C22H22N8/c1-3-6-20-23-21-13-15(2)29(30(21)26-20)14-16-9-11-17(12-10-16)18-7-4-5-8-19(18)22-24-27-28-25-22/h4-5,7-13H,3,6,14H2,1-2H3,(H,24,25,27,28). The second-order valence-corrected chi connectivity index (χ2v) is 7.35. The number of aromatic nitrogens is 8. The van der Waals surface area contributed by atoms with Gasteiger partial charge in [0.25, 0.3) is 0 Å². The number of tetrazole rings is 1. The molecule has 0 aliphatic heterocycles. The van der Waals surface area contributed by atoms with Gasteiger partial charge in [-0.2, -0.15) is 9.84 Å². The van der Waals surface area contributed by atoms with E-state index in [9.17, 15) is 0 Å². The molecule has 0 aliphatic rings. The Morgan fingerprint density at radius 2 is 1.80 bits per heavy atom. The Bertz CT molecular complexity index is 1280. The van der Waals surface area contributed by atoms with Crippen LogP contribution >= 0.6 is 0 Å². The fraction of sp³-hybridized carbons (Fsp3) is 0.227. The van der Waals surface area contributed by atoms with Crippen LogP contribution in [0.1, 0.15) is 30.4 Å². The zero-order chi connectivity index (χ0) is 20.5. The van der Waals surface area contributed by atoms with Gasteiger partial charge in [0.1, 0.15) is 0 Å². The number of aryl methyl sites for hydroxylation is 2. The van der Waals surface area contributed by atoms with Crippen LogP contribution in [0.4, 0.5) is 0 Å². The van der Waals surface area contributed by atoms with Crippen LogP contribution in [0.25, 0.3) is 28.2 Å². The lowest BCUT2D eigenvalue weighted by Gasteiger charge is -2.10. The van der Waals surface area contributed by atoms with E-state index in [4.69, 9.17) is 0 Å². The molecule has 0 atom stereocenters. The van der Waals surface area contributed by atoms with Crippen LogP contribution in [0.3, 0.4) is 0 Å². The first kappa shape index (κ1) is 18.2. The Morgan fingerprint density at radius 3 is 2.53 bits per heavy atom. The van der Waals surface area contributed by atoms with E-state index in [0.717, 1.165) is 53.2 Å². The minimum atomic E-state index is 0.592. The van der Waals surface area contributed by atoms with Gasteiger partial charge in [-0.3, -0.25) is 4.68 Å². The number of hydrogen-bond acceptors (Lipinski definition) is 5. The van der Waals surface area contributed by atoms with Crippen LogP contribution in [0, 0.1) is 6.92 Å². The highest BCUT2D eigenvalue weighted by molar-refractivity contribution is 5.80. The SMILES string of the molecule is CCCc1nc2cc(C)n(Cc3ccc(-c4ccccc4-c4nn[nH]n4)cc3)n2n1. The fourth-order valence-corrected chi connectivity index (χ4v) is 3.73. The smallest absolute Gasteiger partial charge is 0.205 e. The van der Waals surface area contributed by atoms with Gasteiger partial charge in [0.15, 0.2) is 11.5 Å². The molecule has 5 rings (SSSR count). The molecule has 0 amide bonds. The van der Waals surface area contributed by atoms with E-state index in [-0.39, 0.29) is 0 Å². The van der Waals surface area contributed by atoms with Crippen molar-refractivity contribution in [2.75, 3.05) is 0 Å². The van der Waals surface area contributed by atoms with E-state index in [0.29, 0.717) is 5.82 Å². The lowest BCUT2D eigenvalue weighted by atomic mass is 9.98. The molecular formula is C22H22N8. The normalized spacial score (nSPS) is 11.4. The first-order chi connectivity index (χ1) is 14.7. The third-order valence-electron chi connectivity index (χ3n) is 5.22. The van der Waals surface area contributed by atoms with Gasteiger partial charge in [0.05, 0.1) is 6.54 Å². The summed E-state index contributed by atoms with van der Waals surface area (Å²) in [4.78, 5) is 4.62. The molecule has 3 heterocycles. The number of fused-ring (bicyclic) bond motifs is 1. The van der Waals surface area contributed by atoms with Gasteiger partial charge in [0, 0.05) is 23.7 Å². The van der Waals surface area contributed by atoms with Gasteiger partial charge in [-0.05, 0) is 35.2 Å². The van der Waals surface area contributed by atoms with Gasteiger partial charge < -0.3 is 0 Å². The lowest BCUT2D eigenvalue weighted by Crippen LogP contribution is -2.10. The molecule has 8 nitrogen and oxygen atoms in total. The molecule has 0 fully saturated rings. The molecule has 0 unspecified atom stereocenters. The number of hydrogen-bond donors (Lipinski definition) is 1. The molecule has 0 aliphatic carbocycles. The van der Waals surface area contributed by atoms with Crippen molar-refractivity contribution in [1.82, 2.24) is 40.0 Å². The summed E-state index contributed by atoms with van der Waals surface area (Å²) >= 11 is 0. The van der Waals surface area contributed by atoms with Gasteiger partial charge in [-0.1, -0.05) is 55.5 Å². The zero-order valence-electron chi connectivity index (χ0n) is 16.9. The van der Waals surface area contributed by atoms with Crippen molar-refractivity contribution in [3.05, 3.63) is 71.7 Å². The maximum atomic E-state index is 4.67. The van der Waals surface area contributed by atoms with Crippen LogP contribution in [-0.4, -0.2) is 40.0 Å². The Labute approximate surface area is 173 Å². The first-order valence-electron chi connectivity index (χ1n) is 10.1. The number of rotatable bonds is 6. The summed E-state index contributed by atoms with van der Waals surface area (Å²) in [5.74, 6) is 1.49. The monoisotopic (exact) mass is 398 g/mol. The Morgan fingerprint density at radius 1 is 1.00 bits per heavy atom. The maximum absolute atomic E-state index is 4.67. The van der Waals surface area contributed by atoms with Crippen molar-refractivity contribution in [3.63, 3.8) is 0 Å². The highest BCUT2D eigenvalue weighted by atomic mass is 15.5. The predicted molar refractivity (Wildman–Crippen MR) is 114 cm³/mol. The highest BCUT2D eigenvalue weighted by Gasteiger charge is 2.13. The van der Waals surface area contributed by atoms with E-state index in [1.165, 1.54) is 5.56 Å². The van der Waals surface area contributed by atoms with Gasteiger partial charge in [-0.15, -0.1) is 15.3 Å². The number of aromatic amines is 1. The third kappa shape index (κ3) is 3.26. The number of benzene rings is 2. The van der Waals surface area contributed by atoms with E-state index >= 15 is 0 Å². The zero-order valence-corrected chi connectivity index (χ0v) is 16.9. The second-order valence-electron chi connectivity index (χ2n) is 7.35. The van der Waals surface area contributed by atoms with E-state index in [1.807, 2.05) is 22.8 Å². The molecule has 2 aromatic carbocycles. The van der Waals surface area contributed by atoms with Gasteiger partial charge >= 0.3 is 0 Å². The predicted octanol–water partition coefficient (Wildman–Crippen LogP) is 3.69. The van der Waals surface area contributed by atoms with Crippen molar-refractivity contribution in [2.45, 2.75) is 33.2 Å². The van der Waals surface area contributed by atoms with Crippen LogP contribution in [0.2, 0.25) is 0 Å². The van der Waals surface area contributed by atoms with Crippen molar-refractivity contribution >= 4 is 5.65 Å². The molecule has 0 spiro atoms. The molecule has 0 bridgehead atoms. The minimum Gasteiger partial charge on any atom is -0.263 e. The maximum Gasteiger partial charge on any atom is 0.205 e. The first-order valence-corrected chi connectivity index (χ1v) is 10.1. The summed E-state index contributed by atoms with van der Waals surface area (Å²) in [6.07, 6.45) is 1.94. The Hall–Kier alpha value is -3.81. The highest BCUT2D eigenvalue weighted by Crippen LogP contribution is 2.29. The fourth-order valence-electron chi connectivity index (χ4n) is 3.73. The molecule has 1 N–H and O–H groups in total. The van der Waals surface area contributed by atoms with Crippen molar-refractivity contribution in [1.29, 1.82) is 0 Å². The lowest BCUT2D eigenvalue weighted by molar-refractivity contribution is 0.564. The number of H-pyrrole nitrogens is 1. The van der Waals surface area contributed by atoms with Crippen molar-refractivity contribution in [3.8, 4) is 22.5 Å². The summed E-state index contributed by atoms with van der Waals surface area (Å²) in [6.45, 7) is 4.96.